The Morgan fingerprint density at radius 1 is 1.24 bits per heavy atom. The second-order valence-electron chi connectivity index (χ2n) is 6.02. The van der Waals surface area contributed by atoms with Crippen molar-refractivity contribution in [1.29, 1.82) is 0 Å². The molecular formula is C18H26N4O3. The van der Waals surface area contributed by atoms with Crippen molar-refractivity contribution in [3.05, 3.63) is 41.5 Å². The predicted molar refractivity (Wildman–Crippen MR) is 94.3 cm³/mol. The van der Waals surface area contributed by atoms with Gasteiger partial charge in [-0.05, 0) is 37.1 Å². The number of carbonyl (C=O) groups is 1. The number of nitrogens with zero attached hydrogens (tertiary/aromatic N) is 2. The maximum absolute atomic E-state index is 12.2. The number of carbonyl (C=O) groups excluding carboxylic acids is 1. The monoisotopic (exact) mass is 346 g/mol. The average Bonchev–Trinajstić information content (AvgIpc) is 3.12. The molecule has 1 amide bonds. The summed E-state index contributed by atoms with van der Waals surface area (Å²) in [5.41, 5.74) is 6.40. The van der Waals surface area contributed by atoms with Crippen molar-refractivity contribution in [1.82, 2.24) is 15.5 Å². The highest BCUT2D eigenvalue weighted by atomic mass is 16.5. The van der Waals surface area contributed by atoms with Crippen molar-refractivity contribution in [2.45, 2.75) is 52.2 Å². The molecule has 1 aromatic heterocycles. The van der Waals surface area contributed by atoms with Crippen molar-refractivity contribution in [3.8, 4) is 5.75 Å². The SMILES string of the molecule is CCc1nc(COc2ccc(C(=O)NCC(N)(CC)CC)cc2)no1. The first-order valence-corrected chi connectivity index (χ1v) is 8.61. The van der Waals surface area contributed by atoms with Crippen LogP contribution in [-0.2, 0) is 13.0 Å². The second-order valence-corrected chi connectivity index (χ2v) is 6.02. The molecule has 0 unspecified atom stereocenters. The van der Waals surface area contributed by atoms with E-state index in [1.807, 2.05) is 20.8 Å². The Bertz CT molecular complexity index is 678. The van der Waals surface area contributed by atoms with Gasteiger partial charge >= 0.3 is 0 Å². The van der Waals surface area contributed by atoms with E-state index in [1.54, 1.807) is 24.3 Å². The van der Waals surface area contributed by atoms with Gasteiger partial charge in [-0.15, -0.1) is 0 Å². The van der Waals surface area contributed by atoms with Crippen molar-refractivity contribution in [2.75, 3.05) is 6.54 Å². The summed E-state index contributed by atoms with van der Waals surface area (Å²) in [5, 5.41) is 6.71. The van der Waals surface area contributed by atoms with Crippen LogP contribution in [0.15, 0.2) is 28.8 Å². The van der Waals surface area contributed by atoms with Gasteiger partial charge in [0, 0.05) is 24.1 Å². The van der Waals surface area contributed by atoms with E-state index < -0.39 is 0 Å². The Morgan fingerprint density at radius 3 is 2.48 bits per heavy atom. The first-order valence-electron chi connectivity index (χ1n) is 8.61. The maximum atomic E-state index is 12.2. The summed E-state index contributed by atoms with van der Waals surface area (Å²) in [4.78, 5) is 16.4. The first kappa shape index (κ1) is 18.9. The van der Waals surface area contributed by atoms with Crippen molar-refractivity contribution >= 4 is 5.91 Å². The summed E-state index contributed by atoms with van der Waals surface area (Å²) < 4.78 is 10.6. The van der Waals surface area contributed by atoms with E-state index in [0.717, 1.165) is 12.8 Å². The number of hydrogen-bond acceptors (Lipinski definition) is 6. The molecule has 2 aromatic rings. The summed E-state index contributed by atoms with van der Waals surface area (Å²) in [6, 6.07) is 6.92. The van der Waals surface area contributed by atoms with Crippen LogP contribution >= 0.6 is 0 Å². The number of hydrogen-bond donors (Lipinski definition) is 2. The minimum Gasteiger partial charge on any atom is -0.485 e. The van der Waals surface area contributed by atoms with Gasteiger partial charge in [-0.3, -0.25) is 4.79 Å². The topological polar surface area (TPSA) is 103 Å². The van der Waals surface area contributed by atoms with Crippen LogP contribution in [0.5, 0.6) is 5.75 Å². The van der Waals surface area contributed by atoms with Gasteiger partial charge in [-0.25, -0.2) is 0 Å². The van der Waals surface area contributed by atoms with Gasteiger partial charge in [0.05, 0.1) is 0 Å². The summed E-state index contributed by atoms with van der Waals surface area (Å²) in [6.45, 7) is 6.66. The second kappa shape index (κ2) is 8.62. The molecule has 0 aliphatic carbocycles. The molecule has 0 aliphatic rings. The number of amides is 1. The van der Waals surface area contributed by atoms with E-state index in [-0.39, 0.29) is 18.1 Å². The predicted octanol–water partition coefficient (Wildman–Crippen LogP) is 2.46. The third kappa shape index (κ3) is 5.29. The van der Waals surface area contributed by atoms with Crippen molar-refractivity contribution in [3.63, 3.8) is 0 Å². The van der Waals surface area contributed by atoms with E-state index in [4.69, 9.17) is 15.0 Å². The smallest absolute Gasteiger partial charge is 0.251 e. The summed E-state index contributed by atoms with van der Waals surface area (Å²) in [5.74, 6) is 1.57. The quantitative estimate of drug-likeness (QED) is 0.723. The third-order valence-corrected chi connectivity index (χ3v) is 4.31. The number of benzene rings is 1. The molecule has 0 saturated carbocycles. The zero-order valence-corrected chi connectivity index (χ0v) is 15.0. The van der Waals surface area contributed by atoms with Gasteiger partial charge in [0.15, 0.2) is 6.61 Å². The van der Waals surface area contributed by atoms with Crippen LogP contribution in [0.25, 0.3) is 0 Å². The van der Waals surface area contributed by atoms with Crippen molar-refractivity contribution < 1.29 is 14.1 Å². The Morgan fingerprint density at radius 2 is 1.92 bits per heavy atom. The average molecular weight is 346 g/mol. The van der Waals surface area contributed by atoms with Crippen LogP contribution in [0.3, 0.4) is 0 Å². The standard InChI is InChI=1S/C18H26N4O3/c1-4-16-21-15(22-25-16)11-24-14-9-7-13(8-10-14)17(23)20-12-18(19,5-2)6-3/h7-10H,4-6,11-12,19H2,1-3H3,(H,20,23). The molecule has 0 bridgehead atoms. The lowest BCUT2D eigenvalue weighted by molar-refractivity contribution is 0.0942. The highest BCUT2D eigenvalue weighted by Crippen LogP contribution is 2.14. The highest BCUT2D eigenvalue weighted by Gasteiger charge is 2.21. The fourth-order valence-corrected chi connectivity index (χ4v) is 2.20. The van der Waals surface area contributed by atoms with Gasteiger partial charge < -0.3 is 20.3 Å². The lowest BCUT2D eigenvalue weighted by Crippen LogP contribution is -2.49. The Labute approximate surface area is 147 Å². The van der Waals surface area contributed by atoms with Gasteiger partial charge in [0.25, 0.3) is 5.91 Å². The number of aryl methyl sites for hydroxylation is 1. The van der Waals surface area contributed by atoms with Gasteiger partial charge in [0.1, 0.15) is 5.75 Å². The number of rotatable bonds is 9. The van der Waals surface area contributed by atoms with Crippen LogP contribution < -0.4 is 15.8 Å². The number of aromatic nitrogens is 2. The molecule has 7 nitrogen and oxygen atoms in total. The Balaban J connectivity index is 1.87. The lowest BCUT2D eigenvalue weighted by Gasteiger charge is -2.26. The van der Waals surface area contributed by atoms with Crippen LogP contribution in [0.2, 0.25) is 0 Å². The van der Waals surface area contributed by atoms with Gasteiger partial charge in [0.2, 0.25) is 11.7 Å². The van der Waals surface area contributed by atoms with E-state index in [2.05, 4.69) is 15.5 Å². The normalized spacial score (nSPS) is 11.4. The fourth-order valence-electron chi connectivity index (χ4n) is 2.20. The molecule has 0 saturated heterocycles. The molecule has 0 atom stereocenters. The van der Waals surface area contributed by atoms with E-state index in [9.17, 15) is 4.79 Å². The minimum absolute atomic E-state index is 0.144. The highest BCUT2D eigenvalue weighted by molar-refractivity contribution is 5.94. The van der Waals surface area contributed by atoms with Crippen LogP contribution in [0.4, 0.5) is 0 Å². The Kier molecular flexibility index (Phi) is 6.52. The molecule has 0 fully saturated rings. The molecule has 1 aromatic carbocycles. The number of ether oxygens (including phenoxy) is 1. The molecule has 2 rings (SSSR count). The molecule has 136 valence electrons. The largest absolute Gasteiger partial charge is 0.485 e. The summed E-state index contributed by atoms with van der Waals surface area (Å²) in [7, 11) is 0. The summed E-state index contributed by atoms with van der Waals surface area (Å²) >= 11 is 0. The first-order chi connectivity index (χ1) is 12.0. The number of nitrogens with two attached hydrogens (primary N) is 1. The van der Waals surface area contributed by atoms with Gasteiger partial charge in [-0.1, -0.05) is 25.9 Å². The zero-order chi connectivity index (χ0) is 18.3. The maximum Gasteiger partial charge on any atom is 0.251 e. The molecule has 7 heteroatoms. The molecule has 0 aliphatic heterocycles. The van der Waals surface area contributed by atoms with Crippen LogP contribution in [0.1, 0.15) is 55.7 Å². The molecule has 0 spiro atoms. The molecular weight excluding hydrogens is 320 g/mol. The fraction of sp³-hybridized carbons (Fsp3) is 0.500. The van der Waals surface area contributed by atoms with Crippen LogP contribution in [-0.4, -0.2) is 28.1 Å². The van der Waals surface area contributed by atoms with E-state index >= 15 is 0 Å². The third-order valence-electron chi connectivity index (χ3n) is 4.31. The molecule has 25 heavy (non-hydrogen) atoms. The van der Waals surface area contributed by atoms with Gasteiger partial charge in [-0.2, -0.15) is 4.98 Å². The lowest BCUT2D eigenvalue weighted by atomic mass is 9.94. The zero-order valence-electron chi connectivity index (χ0n) is 15.0. The molecule has 0 radical (unpaired) electrons. The van der Waals surface area contributed by atoms with E-state index in [1.165, 1.54) is 0 Å². The van der Waals surface area contributed by atoms with Crippen molar-refractivity contribution in [2.24, 2.45) is 5.73 Å². The molecule has 3 N–H and O–H groups in total. The number of nitrogens with one attached hydrogen (secondary N) is 1. The Hall–Kier alpha value is -2.41. The molecule has 1 heterocycles. The summed E-state index contributed by atoms with van der Waals surface area (Å²) in [6.07, 6.45) is 2.32. The van der Waals surface area contributed by atoms with Crippen LogP contribution in [0, 0.1) is 0 Å². The van der Waals surface area contributed by atoms with E-state index in [0.29, 0.717) is 36.0 Å². The minimum atomic E-state index is -0.360.